The van der Waals surface area contributed by atoms with E-state index in [1.165, 1.54) is 5.56 Å². The van der Waals surface area contributed by atoms with E-state index in [9.17, 15) is 4.79 Å². The first-order chi connectivity index (χ1) is 10.1. The Kier molecular flexibility index (Phi) is 3.75. The molecule has 21 heavy (non-hydrogen) atoms. The van der Waals surface area contributed by atoms with Gasteiger partial charge in [-0.05, 0) is 31.0 Å². The van der Waals surface area contributed by atoms with Gasteiger partial charge in [-0.1, -0.05) is 12.1 Å². The smallest absolute Gasteiger partial charge is 0.239 e. The molecule has 1 aliphatic rings. The van der Waals surface area contributed by atoms with Crippen molar-refractivity contribution in [3.8, 4) is 5.69 Å². The number of rotatable bonds is 4. The Morgan fingerprint density at radius 1 is 1.33 bits per heavy atom. The largest absolute Gasteiger partial charge is 0.344 e. The zero-order chi connectivity index (χ0) is 14.8. The number of benzene rings is 1. The van der Waals surface area contributed by atoms with Gasteiger partial charge in [0, 0.05) is 37.7 Å². The van der Waals surface area contributed by atoms with Gasteiger partial charge in [0.1, 0.15) is 0 Å². The number of aromatic nitrogens is 2. The van der Waals surface area contributed by atoms with Crippen LogP contribution in [0.5, 0.6) is 0 Å². The van der Waals surface area contributed by atoms with Crippen LogP contribution in [0.15, 0.2) is 43.0 Å². The molecule has 1 saturated heterocycles. The number of nitrogens with one attached hydrogen (secondary N) is 1. The van der Waals surface area contributed by atoms with E-state index in [4.69, 9.17) is 0 Å². The Balaban J connectivity index is 1.68. The van der Waals surface area contributed by atoms with Crippen LogP contribution in [0.1, 0.15) is 24.9 Å². The highest BCUT2D eigenvalue weighted by Crippen LogP contribution is 2.18. The second-order valence-electron chi connectivity index (χ2n) is 5.55. The second kappa shape index (κ2) is 5.69. The molecule has 0 saturated carbocycles. The van der Waals surface area contributed by atoms with Crippen LogP contribution in [-0.4, -0.2) is 40.0 Å². The molecule has 1 aromatic carbocycles. The fraction of sp³-hybridized carbons (Fsp3) is 0.375. The molecule has 2 unspecified atom stereocenters. The quantitative estimate of drug-likeness (QED) is 0.930. The van der Waals surface area contributed by atoms with Crippen LogP contribution in [0.25, 0.3) is 5.69 Å². The van der Waals surface area contributed by atoms with E-state index in [0.717, 1.165) is 18.7 Å². The van der Waals surface area contributed by atoms with Crippen LogP contribution < -0.4 is 5.32 Å². The molecule has 1 fully saturated rings. The molecule has 1 aromatic heterocycles. The first kappa shape index (κ1) is 13.8. The molecular formula is C16H20N4O. The summed E-state index contributed by atoms with van der Waals surface area (Å²) in [5.74, 6) is 0.192. The number of likely N-dealkylation sites (tertiary alicyclic amines) is 1. The van der Waals surface area contributed by atoms with Gasteiger partial charge in [0.05, 0.1) is 12.4 Å². The normalized spacial score (nSPS) is 20.0. The van der Waals surface area contributed by atoms with Crippen LogP contribution in [0.2, 0.25) is 0 Å². The lowest BCUT2D eigenvalue weighted by atomic mass is 10.1. The summed E-state index contributed by atoms with van der Waals surface area (Å²) in [6.45, 7) is 2.93. The lowest BCUT2D eigenvalue weighted by Gasteiger charge is -2.19. The molecule has 2 heterocycles. The molecule has 0 aliphatic carbocycles. The fourth-order valence-electron chi connectivity index (χ4n) is 2.72. The van der Waals surface area contributed by atoms with E-state index >= 15 is 0 Å². The van der Waals surface area contributed by atoms with Crippen LogP contribution in [-0.2, 0) is 4.79 Å². The maximum Gasteiger partial charge on any atom is 0.239 e. The number of carbonyl (C=O) groups excluding carboxylic acids is 1. The standard InChI is InChI=1S/C16H20N4O/c1-12(18-15-7-9-19(2)16(15)21)13-3-5-14(6-4-13)20-10-8-17-11-20/h3-6,8,10-12,15,18H,7,9H2,1-2H3. The van der Waals surface area contributed by atoms with Gasteiger partial charge in [0.25, 0.3) is 0 Å². The average molecular weight is 284 g/mol. The number of amides is 1. The second-order valence-corrected chi connectivity index (χ2v) is 5.55. The Morgan fingerprint density at radius 3 is 2.67 bits per heavy atom. The summed E-state index contributed by atoms with van der Waals surface area (Å²) in [4.78, 5) is 17.8. The summed E-state index contributed by atoms with van der Waals surface area (Å²) >= 11 is 0. The fourth-order valence-corrected chi connectivity index (χ4v) is 2.72. The van der Waals surface area contributed by atoms with Crippen LogP contribution >= 0.6 is 0 Å². The molecular weight excluding hydrogens is 264 g/mol. The predicted octanol–water partition coefficient (Wildman–Crippen LogP) is 1.75. The highest BCUT2D eigenvalue weighted by molar-refractivity contribution is 5.83. The SMILES string of the molecule is CC(NC1CCN(C)C1=O)c1ccc(-n2ccnc2)cc1. The number of imidazole rings is 1. The third-order valence-corrected chi connectivity index (χ3v) is 4.07. The topological polar surface area (TPSA) is 50.2 Å². The molecule has 110 valence electrons. The molecule has 1 aliphatic heterocycles. The van der Waals surface area contributed by atoms with E-state index in [-0.39, 0.29) is 18.0 Å². The maximum atomic E-state index is 11.9. The summed E-state index contributed by atoms with van der Waals surface area (Å²) in [5.41, 5.74) is 2.27. The van der Waals surface area contributed by atoms with E-state index in [1.807, 2.05) is 17.8 Å². The monoisotopic (exact) mass is 284 g/mol. The molecule has 1 amide bonds. The molecule has 0 bridgehead atoms. The third kappa shape index (κ3) is 2.83. The predicted molar refractivity (Wildman–Crippen MR) is 81.2 cm³/mol. The summed E-state index contributed by atoms with van der Waals surface area (Å²) in [5, 5.41) is 3.42. The average Bonchev–Trinajstić information content (AvgIpc) is 3.13. The Bertz CT molecular complexity index is 606. The van der Waals surface area contributed by atoms with Crippen molar-refractivity contribution in [2.24, 2.45) is 0 Å². The highest BCUT2D eigenvalue weighted by Gasteiger charge is 2.29. The number of likely N-dealkylation sites (N-methyl/N-ethyl adjacent to an activating group) is 1. The zero-order valence-electron chi connectivity index (χ0n) is 12.4. The van der Waals surface area contributed by atoms with Gasteiger partial charge < -0.3 is 9.47 Å². The summed E-state index contributed by atoms with van der Waals surface area (Å²) in [6, 6.07) is 8.42. The molecule has 2 aromatic rings. The lowest BCUT2D eigenvalue weighted by Crippen LogP contribution is -2.38. The number of hydrogen-bond donors (Lipinski definition) is 1. The highest BCUT2D eigenvalue weighted by atomic mass is 16.2. The Hall–Kier alpha value is -2.14. The molecule has 0 radical (unpaired) electrons. The minimum absolute atomic E-state index is 0.0571. The molecule has 0 spiro atoms. The summed E-state index contributed by atoms with van der Waals surface area (Å²) in [7, 11) is 1.86. The zero-order valence-corrected chi connectivity index (χ0v) is 12.4. The Morgan fingerprint density at radius 2 is 2.10 bits per heavy atom. The minimum atomic E-state index is -0.0571. The van der Waals surface area contributed by atoms with Crippen molar-refractivity contribution < 1.29 is 4.79 Å². The van der Waals surface area contributed by atoms with Crippen LogP contribution in [0, 0.1) is 0 Å². The molecule has 1 N–H and O–H groups in total. The van der Waals surface area contributed by atoms with E-state index in [2.05, 4.69) is 41.5 Å². The van der Waals surface area contributed by atoms with Crippen molar-refractivity contribution in [3.05, 3.63) is 48.5 Å². The van der Waals surface area contributed by atoms with Gasteiger partial charge in [-0.2, -0.15) is 0 Å². The van der Waals surface area contributed by atoms with Gasteiger partial charge in [0.2, 0.25) is 5.91 Å². The van der Waals surface area contributed by atoms with Gasteiger partial charge in [-0.25, -0.2) is 4.98 Å². The van der Waals surface area contributed by atoms with Crippen molar-refractivity contribution >= 4 is 5.91 Å². The molecule has 5 heteroatoms. The van der Waals surface area contributed by atoms with Crippen molar-refractivity contribution in [3.63, 3.8) is 0 Å². The van der Waals surface area contributed by atoms with Gasteiger partial charge >= 0.3 is 0 Å². The number of carbonyl (C=O) groups is 1. The molecule has 2 atom stereocenters. The Labute approximate surface area is 124 Å². The maximum absolute atomic E-state index is 11.9. The van der Waals surface area contributed by atoms with Crippen molar-refractivity contribution in [2.75, 3.05) is 13.6 Å². The van der Waals surface area contributed by atoms with Gasteiger partial charge in [-0.15, -0.1) is 0 Å². The third-order valence-electron chi connectivity index (χ3n) is 4.07. The summed E-state index contributed by atoms with van der Waals surface area (Å²) in [6.07, 6.45) is 6.35. The summed E-state index contributed by atoms with van der Waals surface area (Å²) < 4.78 is 1.97. The van der Waals surface area contributed by atoms with E-state index in [0.29, 0.717) is 0 Å². The van der Waals surface area contributed by atoms with E-state index < -0.39 is 0 Å². The van der Waals surface area contributed by atoms with Gasteiger partial charge in [0.15, 0.2) is 0 Å². The van der Waals surface area contributed by atoms with Gasteiger partial charge in [-0.3, -0.25) is 10.1 Å². The molecule has 5 nitrogen and oxygen atoms in total. The number of hydrogen-bond acceptors (Lipinski definition) is 3. The van der Waals surface area contributed by atoms with Crippen LogP contribution in [0.3, 0.4) is 0 Å². The van der Waals surface area contributed by atoms with Crippen molar-refractivity contribution in [1.82, 2.24) is 19.8 Å². The van der Waals surface area contributed by atoms with Crippen LogP contribution in [0.4, 0.5) is 0 Å². The number of nitrogens with zero attached hydrogens (tertiary/aromatic N) is 3. The first-order valence-corrected chi connectivity index (χ1v) is 7.24. The first-order valence-electron chi connectivity index (χ1n) is 7.24. The van der Waals surface area contributed by atoms with E-state index in [1.54, 1.807) is 17.4 Å². The minimum Gasteiger partial charge on any atom is -0.344 e. The lowest BCUT2D eigenvalue weighted by molar-refractivity contribution is -0.128. The van der Waals surface area contributed by atoms with Crippen molar-refractivity contribution in [1.29, 1.82) is 0 Å². The van der Waals surface area contributed by atoms with Crippen molar-refractivity contribution in [2.45, 2.75) is 25.4 Å². The molecule has 3 rings (SSSR count).